The van der Waals surface area contributed by atoms with Crippen LogP contribution in [0.2, 0.25) is 0 Å². The quantitative estimate of drug-likeness (QED) is 0.868. The van der Waals surface area contributed by atoms with Crippen molar-refractivity contribution in [3.63, 3.8) is 0 Å². The summed E-state index contributed by atoms with van der Waals surface area (Å²) in [5.74, 6) is 0.0543. The minimum atomic E-state index is -0.302. The van der Waals surface area contributed by atoms with Crippen LogP contribution in [0.4, 0.5) is 4.39 Å². The van der Waals surface area contributed by atoms with E-state index in [1.54, 1.807) is 6.07 Å². The molecule has 1 unspecified atom stereocenters. The highest BCUT2D eigenvalue weighted by molar-refractivity contribution is 5.35. The molecular weight excluding hydrogens is 257 g/mol. The molecule has 1 saturated heterocycles. The number of para-hydroxylation sites is 1. The Labute approximate surface area is 120 Å². The summed E-state index contributed by atoms with van der Waals surface area (Å²) in [6.45, 7) is 5.95. The Bertz CT molecular complexity index is 417. The van der Waals surface area contributed by atoms with Gasteiger partial charge in [0.05, 0.1) is 6.10 Å². The predicted octanol–water partition coefficient (Wildman–Crippen LogP) is 3.27. The summed E-state index contributed by atoms with van der Waals surface area (Å²) >= 11 is 0. The number of hydrogen-bond acceptors (Lipinski definition) is 3. The van der Waals surface area contributed by atoms with Crippen molar-refractivity contribution in [1.82, 2.24) is 5.32 Å². The number of hydrogen-bond donors (Lipinski definition) is 1. The van der Waals surface area contributed by atoms with Crippen LogP contribution in [0.3, 0.4) is 0 Å². The van der Waals surface area contributed by atoms with Crippen molar-refractivity contribution in [3.05, 3.63) is 29.6 Å². The second-order valence-electron chi connectivity index (χ2n) is 5.56. The molecule has 0 aliphatic carbocycles. The molecule has 0 aromatic heterocycles. The summed E-state index contributed by atoms with van der Waals surface area (Å²) in [6.07, 6.45) is 3.36. The molecule has 1 aliphatic heterocycles. The molecule has 1 atom stereocenters. The molecule has 1 N–H and O–H groups in total. The number of ether oxygens (including phenoxy) is 2. The van der Waals surface area contributed by atoms with Gasteiger partial charge in [0.15, 0.2) is 11.6 Å². The lowest BCUT2D eigenvalue weighted by Gasteiger charge is -2.23. The molecule has 3 nitrogen and oxygen atoms in total. The van der Waals surface area contributed by atoms with E-state index in [1.165, 1.54) is 6.07 Å². The van der Waals surface area contributed by atoms with Gasteiger partial charge >= 0.3 is 0 Å². The van der Waals surface area contributed by atoms with Crippen molar-refractivity contribution < 1.29 is 13.9 Å². The fourth-order valence-corrected chi connectivity index (χ4v) is 2.28. The minimum absolute atomic E-state index is 0.0919. The van der Waals surface area contributed by atoms with E-state index in [4.69, 9.17) is 9.47 Å². The van der Waals surface area contributed by atoms with Crippen LogP contribution >= 0.6 is 0 Å². The summed E-state index contributed by atoms with van der Waals surface area (Å²) in [7, 11) is 0. The average Bonchev–Trinajstić information content (AvgIpc) is 2.45. The van der Waals surface area contributed by atoms with Gasteiger partial charge in [-0.15, -0.1) is 0 Å². The van der Waals surface area contributed by atoms with Gasteiger partial charge in [-0.1, -0.05) is 26.0 Å². The van der Waals surface area contributed by atoms with Crippen molar-refractivity contribution in [2.45, 2.75) is 51.8 Å². The highest BCUT2D eigenvalue weighted by Gasteiger charge is 2.17. The summed E-state index contributed by atoms with van der Waals surface area (Å²) in [6, 6.07) is 5.41. The third kappa shape index (κ3) is 4.46. The maximum absolute atomic E-state index is 13.9. The first kappa shape index (κ1) is 15.3. The highest BCUT2D eigenvalue weighted by Crippen LogP contribution is 2.24. The van der Waals surface area contributed by atoms with Crippen LogP contribution in [0.1, 0.15) is 38.7 Å². The summed E-state index contributed by atoms with van der Waals surface area (Å²) in [4.78, 5) is 0. The van der Waals surface area contributed by atoms with E-state index in [1.807, 2.05) is 6.07 Å². The molecule has 4 heteroatoms. The standard InChI is InChI=1S/C16H24FNO2/c1-12(2)18-10-13-6-5-8-15(17)16(13)20-11-14-7-3-4-9-19-14/h5-6,8,12,14,18H,3-4,7,9-11H2,1-2H3. The van der Waals surface area contributed by atoms with Gasteiger partial charge in [-0.25, -0.2) is 4.39 Å². The van der Waals surface area contributed by atoms with Crippen LogP contribution in [0.15, 0.2) is 18.2 Å². The van der Waals surface area contributed by atoms with Crippen LogP contribution in [0, 0.1) is 5.82 Å². The number of rotatable bonds is 6. The van der Waals surface area contributed by atoms with Crippen molar-refractivity contribution >= 4 is 0 Å². The third-order valence-corrected chi connectivity index (χ3v) is 3.44. The Morgan fingerprint density at radius 1 is 1.40 bits per heavy atom. The maximum Gasteiger partial charge on any atom is 0.165 e. The lowest BCUT2D eigenvalue weighted by molar-refractivity contribution is -0.0119. The van der Waals surface area contributed by atoms with Crippen molar-refractivity contribution in [3.8, 4) is 5.75 Å². The number of nitrogens with one attached hydrogen (secondary N) is 1. The van der Waals surface area contributed by atoms with E-state index in [2.05, 4.69) is 19.2 Å². The molecule has 0 bridgehead atoms. The normalized spacial score (nSPS) is 19.3. The number of benzene rings is 1. The molecule has 0 spiro atoms. The molecule has 1 aromatic carbocycles. The Hall–Kier alpha value is -1.13. The SMILES string of the molecule is CC(C)NCc1cccc(F)c1OCC1CCCCO1. The van der Waals surface area contributed by atoms with Gasteiger partial charge in [-0.2, -0.15) is 0 Å². The van der Waals surface area contributed by atoms with Crippen LogP contribution in [-0.4, -0.2) is 25.4 Å². The van der Waals surface area contributed by atoms with Crippen LogP contribution < -0.4 is 10.1 Å². The molecule has 1 heterocycles. The molecule has 20 heavy (non-hydrogen) atoms. The zero-order valence-corrected chi connectivity index (χ0v) is 12.3. The topological polar surface area (TPSA) is 30.5 Å². The lowest BCUT2D eigenvalue weighted by Crippen LogP contribution is -2.27. The summed E-state index contributed by atoms with van der Waals surface area (Å²) < 4.78 is 25.2. The molecule has 2 rings (SSSR count). The Morgan fingerprint density at radius 3 is 2.95 bits per heavy atom. The third-order valence-electron chi connectivity index (χ3n) is 3.44. The van der Waals surface area contributed by atoms with Crippen LogP contribution in [0.25, 0.3) is 0 Å². The summed E-state index contributed by atoms with van der Waals surface area (Å²) in [5, 5.41) is 3.29. The molecule has 0 saturated carbocycles. The van der Waals surface area contributed by atoms with Gasteiger partial charge in [0.25, 0.3) is 0 Å². The van der Waals surface area contributed by atoms with Gasteiger partial charge in [0.1, 0.15) is 6.61 Å². The van der Waals surface area contributed by atoms with Gasteiger partial charge in [0.2, 0.25) is 0 Å². The molecule has 1 aromatic rings. The molecular formula is C16H24FNO2. The molecule has 1 fully saturated rings. The monoisotopic (exact) mass is 281 g/mol. The summed E-state index contributed by atoms with van der Waals surface area (Å²) in [5.41, 5.74) is 0.856. The highest BCUT2D eigenvalue weighted by atomic mass is 19.1. The second-order valence-corrected chi connectivity index (χ2v) is 5.56. The van der Waals surface area contributed by atoms with Crippen LogP contribution in [0.5, 0.6) is 5.75 Å². The van der Waals surface area contributed by atoms with Gasteiger partial charge in [-0.05, 0) is 25.3 Å². The molecule has 112 valence electrons. The fourth-order valence-electron chi connectivity index (χ4n) is 2.28. The number of halogens is 1. The van der Waals surface area contributed by atoms with E-state index in [0.29, 0.717) is 24.9 Å². The largest absolute Gasteiger partial charge is 0.487 e. The van der Waals surface area contributed by atoms with Gasteiger partial charge < -0.3 is 14.8 Å². The van der Waals surface area contributed by atoms with E-state index < -0.39 is 0 Å². The molecule has 0 radical (unpaired) electrons. The maximum atomic E-state index is 13.9. The van der Waals surface area contributed by atoms with Crippen molar-refractivity contribution in [2.75, 3.05) is 13.2 Å². The Morgan fingerprint density at radius 2 is 2.25 bits per heavy atom. The minimum Gasteiger partial charge on any atom is -0.487 e. The zero-order valence-electron chi connectivity index (χ0n) is 12.3. The van der Waals surface area contributed by atoms with Crippen LogP contribution in [-0.2, 0) is 11.3 Å². The van der Waals surface area contributed by atoms with E-state index in [-0.39, 0.29) is 11.9 Å². The van der Waals surface area contributed by atoms with Crippen molar-refractivity contribution in [1.29, 1.82) is 0 Å². The van der Waals surface area contributed by atoms with Crippen molar-refractivity contribution in [2.24, 2.45) is 0 Å². The predicted molar refractivity (Wildman–Crippen MR) is 77.5 cm³/mol. The lowest BCUT2D eigenvalue weighted by atomic mass is 10.1. The second kappa shape index (κ2) is 7.60. The van der Waals surface area contributed by atoms with Gasteiger partial charge in [0, 0.05) is 24.8 Å². The first-order valence-corrected chi connectivity index (χ1v) is 7.42. The van der Waals surface area contributed by atoms with E-state index in [0.717, 1.165) is 31.4 Å². The average molecular weight is 281 g/mol. The first-order chi connectivity index (χ1) is 9.66. The smallest absolute Gasteiger partial charge is 0.165 e. The molecule has 1 aliphatic rings. The Kier molecular flexibility index (Phi) is 5.80. The van der Waals surface area contributed by atoms with E-state index >= 15 is 0 Å². The zero-order chi connectivity index (χ0) is 14.4. The fraction of sp³-hybridized carbons (Fsp3) is 0.625. The Balaban J connectivity index is 1.97. The molecule has 0 amide bonds. The van der Waals surface area contributed by atoms with Gasteiger partial charge in [-0.3, -0.25) is 0 Å². The first-order valence-electron chi connectivity index (χ1n) is 7.42. The van der Waals surface area contributed by atoms with E-state index in [9.17, 15) is 4.39 Å².